The van der Waals surface area contributed by atoms with E-state index in [4.69, 9.17) is 5.11 Å². The van der Waals surface area contributed by atoms with Crippen molar-refractivity contribution in [3.8, 4) is 10.4 Å². The Morgan fingerprint density at radius 3 is 2.56 bits per heavy atom. The zero-order valence-corrected chi connectivity index (χ0v) is 21.4. The first-order valence-electron chi connectivity index (χ1n) is 11.7. The number of anilines is 1. The highest BCUT2D eigenvalue weighted by molar-refractivity contribution is 7.17. The third kappa shape index (κ3) is 6.90. The van der Waals surface area contributed by atoms with E-state index in [9.17, 15) is 27.2 Å². The number of nitrogens with one attached hydrogen (secondary N) is 2. The van der Waals surface area contributed by atoms with Crippen LogP contribution in [0.25, 0.3) is 10.4 Å². The maximum absolute atomic E-state index is 14.0. The molecule has 200 valence electrons. The van der Waals surface area contributed by atoms with E-state index in [2.05, 4.69) is 20.6 Å². The lowest BCUT2D eigenvalue weighted by molar-refractivity contribution is 0.0118. The minimum absolute atomic E-state index is 0.0635. The third-order valence-electron chi connectivity index (χ3n) is 5.18. The standard InChI is InChI=1S/C21H25F4N5O3S.C2H6/c1-3-4-26-14-7-12(17(22)23)13(9-28-14)16-15(29-19(34-16)18(32)27-5-6-31)20(33)30-10-21(24,25)8-11(30)2;1-2/h7,9,11,17,31H,3-6,8,10H2,1-2H3,(H,26,28)(H,27,32);1-2H3. The summed E-state index contributed by atoms with van der Waals surface area (Å²) >= 11 is 0.681. The fourth-order valence-electron chi connectivity index (χ4n) is 3.60. The Morgan fingerprint density at radius 1 is 1.31 bits per heavy atom. The van der Waals surface area contributed by atoms with E-state index >= 15 is 0 Å². The van der Waals surface area contributed by atoms with Gasteiger partial charge in [-0.15, -0.1) is 11.3 Å². The van der Waals surface area contributed by atoms with Gasteiger partial charge in [-0.1, -0.05) is 20.8 Å². The summed E-state index contributed by atoms with van der Waals surface area (Å²) in [6.07, 6.45) is -1.58. The van der Waals surface area contributed by atoms with E-state index in [1.165, 1.54) is 6.92 Å². The van der Waals surface area contributed by atoms with Gasteiger partial charge >= 0.3 is 0 Å². The molecule has 1 unspecified atom stereocenters. The van der Waals surface area contributed by atoms with Crippen LogP contribution in [-0.4, -0.2) is 70.0 Å². The number of hydrogen-bond donors (Lipinski definition) is 3. The Bertz CT molecular complexity index is 1050. The Balaban J connectivity index is 0.00000222. The maximum Gasteiger partial charge on any atom is 0.280 e. The number of alkyl halides is 4. The van der Waals surface area contributed by atoms with Gasteiger partial charge in [-0.3, -0.25) is 9.59 Å². The first-order chi connectivity index (χ1) is 17.1. The molecule has 0 radical (unpaired) electrons. The first kappa shape index (κ1) is 29.4. The number of amides is 2. The smallest absolute Gasteiger partial charge is 0.280 e. The van der Waals surface area contributed by atoms with Gasteiger partial charge in [-0.05, 0) is 19.4 Å². The summed E-state index contributed by atoms with van der Waals surface area (Å²) in [6.45, 7) is 6.60. The molecule has 1 saturated heterocycles. The average Bonchev–Trinajstić information content (AvgIpc) is 3.41. The van der Waals surface area contributed by atoms with Crippen molar-refractivity contribution in [1.82, 2.24) is 20.2 Å². The van der Waals surface area contributed by atoms with Crippen molar-refractivity contribution in [2.24, 2.45) is 0 Å². The monoisotopic (exact) mass is 533 g/mol. The van der Waals surface area contributed by atoms with Crippen LogP contribution < -0.4 is 10.6 Å². The number of thiazole rings is 1. The number of halogens is 4. The van der Waals surface area contributed by atoms with Crippen LogP contribution in [-0.2, 0) is 0 Å². The number of rotatable bonds is 9. The van der Waals surface area contributed by atoms with E-state index in [-0.39, 0.29) is 40.1 Å². The molecule has 13 heteroatoms. The van der Waals surface area contributed by atoms with Gasteiger partial charge in [0.15, 0.2) is 5.01 Å². The number of nitrogens with zero attached hydrogens (tertiary/aromatic N) is 3. The van der Waals surface area contributed by atoms with Gasteiger partial charge in [-0.25, -0.2) is 27.5 Å². The molecule has 2 amide bonds. The molecule has 0 aromatic carbocycles. The van der Waals surface area contributed by atoms with E-state index in [0.717, 1.165) is 23.6 Å². The van der Waals surface area contributed by atoms with Gasteiger partial charge < -0.3 is 20.6 Å². The van der Waals surface area contributed by atoms with Gasteiger partial charge in [0.2, 0.25) is 0 Å². The molecule has 2 aromatic heterocycles. The van der Waals surface area contributed by atoms with Gasteiger partial charge in [0.05, 0.1) is 18.0 Å². The molecule has 0 spiro atoms. The molecule has 0 aliphatic carbocycles. The summed E-state index contributed by atoms with van der Waals surface area (Å²) < 4.78 is 55.8. The Hall–Kier alpha value is -2.80. The highest BCUT2D eigenvalue weighted by Crippen LogP contribution is 2.40. The summed E-state index contributed by atoms with van der Waals surface area (Å²) in [6, 6.07) is 0.346. The molecule has 3 heterocycles. The summed E-state index contributed by atoms with van der Waals surface area (Å²) in [5, 5.41) is 14.0. The number of aromatic nitrogens is 2. The van der Waals surface area contributed by atoms with Crippen molar-refractivity contribution in [3.63, 3.8) is 0 Å². The van der Waals surface area contributed by atoms with Crippen LogP contribution in [0.1, 0.15) is 72.8 Å². The van der Waals surface area contributed by atoms with Gasteiger partial charge in [0.25, 0.3) is 24.2 Å². The van der Waals surface area contributed by atoms with Gasteiger partial charge in [0.1, 0.15) is 11.5 Å². The zero-order valence-electron chi connectivity index (χ0n) is 20.6. The molecule has 1 atom stereocenters. The lowest BCUT2D eigenvalue weighted by atomic mass is 10.1. The van der Waals surface area contributed by atoms with E-state index in [1.54, 1.807) is 0 Å². The van der Waals surface area contributed by atoms with Crippen LogP contribution in [0.5, 0.6) is 0 Å². The Labute approximate surface area is 211 Å². The highest BCUT2D eigenvalue weighted by atomic mass is 32.1. The highest BCUT2D eigenvalue weighted by Gasteiger charge is 2.46. The molecule has 36 heavy (non-hydrogen) atoms. The van der Waals surface area contributed by atoms with Crippen molar-refractivity contribution >= 4 is 29.0 Å². The van der Waals surface area contributed by atoms with Crippen molar-refractivity contribution in [2.45, 2.75) is 58.9 Å². The predicted molar refractivity (Wildman–Crippen MR) is 130 cm³/mol. The fourth-order valence-corrected chi connectivity index (χ4v) is 4.61. The van der Waals surface area contributed by atoms with Crippen LogP contribution in [0.15, 0.2) is 12.3 Å². The number of hydrogen-bond acceptors (Lipinski definition) is 7. The zero-order chi connectivity index (χ0) is 27.0. The molecular weight excluding hydrogens is 502 g/mol. The van der Waals surface area contributed by atoms with Crippen molar-refractivity contribution in [1.29, 1.82) is 0 Å². The first-order valence-corrected chi connectivity index (χ1v) is 12.5. The normalized spacial score (nSPS) is 16.5. The lowest BCUT2D eigenvalue weighted by Gasteiger charge is -2.20. The molecule has 1 aliphatic rings. The maximum atomic E-state index is 14.0. The quantitative estimate of drug-likeness (QED) is 0.408. The molecule has 8 nitrogen and oxygen atoms in total. The van der Waals surface area contributed by atoms with Crippen LogP contribution in [0.4, 0.5) is 23.4 Å². The number of likely N-dealkylation sites (tertiary alicyclic amines) is 1. The second kappa shape index (κ2) is 12.9. The minimum Gasteiger partial charge on any atom is -0.395 e. The second-order valence-electron chi connectivity index (χ2n) is 7.90. The number of aliphatic hydroxyl groups is 1. The molecule has 0 bridgehead atoms. The van der Waals surface area contributed by atoms with E-state index in [0.29, 0.717) is 17.9 Å². The van der Waals surface area contributed by atoms with E-state index < -0.39 is 48.7 Å². The summed E-state index contributed by atoms with van der Waals surface area (Å²) in [5.41, 5.74) is -0.923. The van der Waals surface area contributed by atoms with Crippen LogP contribution >= 0.6 is 11.3 Å². The minimum atomic E-state index is -3.09. The predicted octanol–water partition coefficient (Wildman–Crippen LogP) is 4.58. The fraction of sp³-hybridized carbons (Fsp3) is 0.565. The van der Waals surface area contributed by atoms with Crippen LogP contribution in [0, 0.1) is 0 Å². The average molecular weight is 534 g/mol. The summed E-state index contributed by atoms with van der Waals surface area (Å²) in [5.74, 6) is -4.49. The van der Waals surface area contributed by atoms with Crippen LogP contribution in [0.2, 0.25) is 0 Å². The van der Waals surface area contributed by atoms with Crippen LogP contribution in [0.3, 0.4) is 0 Å². The Kier molecular flexibility index (Phi) is 10.6. The topological polar surface area (TPSA) is 107 Å². The van der Waals surface area contributed by atoms with Crippen molar-refractivity contribution < 1.29 is 32.3 Å². The van der Waals surface area contributed by atoms with Crippen molar-refractivity contribution in [3.05, 3.63) is 28.5 Å². The third-order valence-corrected chi connectivity index (χ3v) is 6.27. The number of carbonyl (C=O) groups is 2. The SMILES string of the molecule is CC.CCCNc1cc(C(F)F)c(-c2sc(C(=O)NCCO)nc2C(=O)N2CC(F)(F)CC2C)cn1. The number of aliphatic hydroxyl groups excluding tert-OH is 1. The molecular formula is C23H31F4N5O3S. The van der Waals surface area contributed by atoms with Gasteiger partial charge in [-0.2, -0.15) is 0 Å². The molecule has 0 saturated carbocycles. The second-order valence-corrected chi connectivity index (χ2v) is 8.90. The Morgan fingerprint density at radius 2 is 2.00 bits per heavy atom. The number of carbonyl (C=O) groups excluding carboxylic acids is 2. The largest absolute Gasteiger partial charge is 0.395 e. The molecule has 1 aliphatic heterocycles. The molecule has 3 rings (SSSR count). The van der Waals surface area contributed by atoms with Gasteiger partial charge in [0, 0.05) is 42.9 Å². The molecule has 2 aromatic rings. The summed E-state index contributed by atoms with van der Waals surface area (Å²) in [7, 11) is 0. The number of pyridine rings is 1. The lowest BCUT2D eigenvalue weighted by Crippen LogP contribution is -2.35. The summed E-state index contributed by atoms with van der Waals surface area (Å²) in [4.78, 5) is 34.7. The molecule has 3 N–H and O–H groups in total. The van der Waals surface area contributed by atoms with Crippen molar-refractivity contribution in [2.75, 3.05) is 31.6 Å². The molecule has 1 fully saturated rings. The van der Waals surface area contributed by atoms with E-state index in [1.807, 2.05) is 20.8 Å².